The lowest BCUT2D eigenvalue weighted by atomic mass is 9.80. The summed E-state index contributed by atoms with van der Waals surface area (Å²) in [7, 11) is 1.33. The molecule has 3 atom stereocenters. The molecule has 0 spiro atoms. The maximum Gasteiger partial charge on any atom is 0.321 e. The molecule has 0 N–H and O–H groups in total. The van der Waals surface area contributed by atoms with Gasteiger partial charge in [0, 0.05) is 11.4 Å². The number of carbonyl (C=O) groups is 2. The minimum absolute atomic E-state index is 0.0952. The Morgan fingerprint density at radius 3 is 2.83 bits per heavy atom. The van der Waals surface area contributed by atoms with Crippen LogP contribution in [-0.2, 0) is 19.1 Å². The summed E-state index contributed by atoms with van der Waals surface area (Å²) in [6.45, 7) is 0.435. The van der Waals surface area contributed by atoms with Gasteiger partial charge in [0.05, 0.1) is 19.8 Å². The number of rotatable bonds is 5. The Morgan fingerprint density at radius 2 is 2.17 bits per heavy atom. The van der Waals surface area contributed by atoms with E-state index in [0.29, 0.717) is 31.7 Å². The van der Waals surface area contributed by atoms with Gasteiger partial charge in [-0.15, -0.1) is 11.6 Å². The molecule has 0 unspecified atom stereocenters. The average Bonchev–Trinajstić information content (AvgIpc) is 3.12. The summed E-state index contributed by atoms with van der Waals surface area (Å²) in [4.78, 5) is 27.2. The molecule has 2 fully saturated rings. The number of benzene rings is 1. The standard InChI is InChI=1S/C17H20ClNO4/c1-22-16(21)17(8-5-9-18)10-13-11-23-14(19(13)15(17)20)12-6-3-2-4-7-12/h2-4,6-7,13-14H,5,8-11H2,1H3/t13-,14-,17+/m1/s1. The number of carbonyl (C=O) groups excluding carboxylic acids is 2. The van der Waals surface area contributed by atoms with Crippen LogP contribution in [0.25, 0.3) is 0 Å². The van der Waals surface area contributed by atoms with Gasteiger partial charge in [0.1, 0.15) is 5.41 Å². The summed E-state index contributed by atoms with van der Waals surface area (Å²) >= 11 is 5.78. The molecule has 124 valence electrons. The number of nitrogens with zero attached hydrogens (tertiary/aromatic N) is 1. The summed E-state index contributed by atoms with van der Waals surface area (Å²) < 4.78 is 10.8. The van der Waals surface area contributed by atoms with Crippen molar-refractivity contribution in [2.24, 2.45) is 5.41 Å². The number of ether oxygens (including phenoxy) is 2. The van der Waals surface area contributed by atoms with E-state index in [1.165, 1.54) is 7.11 Å². The summed E-state index contributed by atoms with van der Waals surface area (Å²) in [5.74, 6) is -0.255. The van der Waals surface area contributed by atoms with E-state index in [1.807, 2.05) is 30.3 Å². The van der Waals surface area contributed by atoms with Crippen LogP contribution in [-0.4, -0.2) is 42.4 Å². The maximum atomic E-state index is 13.1. The molecule has 0 radical (unpaired) electrons. The van der Waals surface area contributed by atoms with Crippen molar-refractivity contribution in [3.8, 4) is 0 Å². The fourth-order valence-corrected chi connectivity index (χ4v) is 3.77. The number of alkyl halides is 1. The second-order valence-corrected chi connectivity index (χ2v) is 6.41. The molecule has 1 amide bonds. The van der Waals surface area contributed by atoms with Crippen LogP contribution in [0.15, 0.2) is 30.3 Å². The second-order valence-electron chi connectivity index (χ2n) is 6.03. The Balaban J connectivity index is 1.91. The summed E-state index contributed by atoms with van der Waals surface area (Å²) in [6, 6.07) is 9.50. The molecule has 0 aliphatic carbocycles. The molecule has 2 heterocycles. The van der Waals surface area contributed by atoms with Gasteiger partial charge >= 0.3 is 5.97 Å². The monoisotopic (exact) mass is 337 g/mol. The lowest BCUT2D eigenvalue weighted by molar-refractivity contribution is -0.162. The topological polar surface area (TPSA) is 55.8 Å². The minimum atomic E-state index is -1.12. The smallest absolute Gasteiger partial charge is 0.321 e. The minimum Gasteiger partial charge on any atom is -0.468 e. The van der Waals surface area contributed by atoms with Crippen LogP contribution >= 0.6 is 11.6 Å². The average molecular weight is 338 g/mol. The molecule has 23 heavy (non-hydrogen) atoms. The molecule has 1 aromatic rings. The van der Waals surface area contributed by atoms with E-state index in [-0.39, 0.29) is 11.9 Å². The highest BCUT2D eigenvalue weighted by Gasteiger charge is 2.60. The van der Waals surface area contributed by atoms with Crippen LogP contribution in [0.1, 0.15) is 31.1 Å². The van der Waals surface area contributed by atoms with E-state index in [0.717, 1.165) is 5.56 Å². The lowest BCUT2D eigenvalue weighted by Gasteiger charge is -2.27. The van der Waals surface area contributed by atoms with Gasteiger partial charge in [0.25, 0.3) is 0 Å². The summed E-state index contributed by atoms with van der Waals surface area (Å²) in [5, 5.41) is 0. The van der Waals surface area contributed by atoms with Crippen molar-refractivity contribution in [3.05, 3.63) is 35.9 Å². The third kappa shape index (κ3) is 2.62. The third-order valence-corrected chi connectivity index (χ3v) is 4.99. The van der Waals surface area contributed by atoms with Crippen molar-refractivity contribution in [1.82, 2.24) is 4.90 Å². The maximum absolute atomic E-state index is 13.1. The molecule has 0 saturated carbocycles. The van der Waals surface area contributed by atoms with Crippen molar-refractivity contribution in [2.45, 2.75) is 31.5 Å². The van der Waals surface area contributed by atoms with E-state index in [9.17, 15) is 9.59 Å². The van der Waals surface area contributed by atoms with Gasteiger partial charge in [0.15, 0.2) is 6.23 Å². The molecular weight excluding hydrogens is 318 g/mol. The highest BCUT2D eigenvalue weighted by molar-refractivity contribution is 6.17. The van der Waals surface area contributed by atoms with Crippen LogP contribution in [0, 0.1) is 5.41 Å². The zero-order valence-electron chi connectivity index (χ0n) is 13.0. The number of amides is 1. The molecule has 3 rings (SSSR count). The summed E-state index contributed by atoms with van der Waals surface area (Å²) in [5.41, 5.74) is -0.202. The van der Waals surface area contributed by atoms with Gasteiger partial charge < -0.3 is 14.4 Å². The predicted molar refractivity (Wildman–Crippen MR) is 84.8 cm³/mol. The Hall–Kier alpha value is -1.59. The molecule has 0 bridgehead atoms. The van der Waals surface area contributed by atoms with E-state index in [1.54, 1.807) is 4.90 Å². The number of fused-ring (bicyclic) bond motifs is 1. The fraction of sp³-hybridized carbons (Fsp3) is 0.529. The first-order chi connectivity index (χ1) is 11.1. The molecule has 2 aliphatic heterocycles. The van der Waals surface area contributed by atoms with Crippen LogP contribution < -0.4 is 0 Å². The van der Waals surface area contributed by atoms with Gasteiger partial charge in [-0.1, -0.05) is 30.3 Å². The molecule has 6 heteroatoms. The largest absolute Gasteiger partial charge is 0.468 e. The molecule has 2 aliphatic rings. The fourth-order valence-electron chi connectivity index (χ4n) is 3.64. The number of hydrogen-bond donors (Lipinski definition) is 0. The van der Waals surface area contributed by atoms with E-state index in [2.05, 4.69) is 0 Å². The zero-order valence-corrected chi connectivity index (χ0v) is 13.8. The highest BCUT2D eigenvalue weighted by Crippen LogP contribution is 2.48. The predicted octanol–water partition coefficient (Wildman–Crippen LogP) is 2.49. The summed E-state index contributed by atoms with van der Waals surface area (Å²) in [6.07, 6.45) is 1.01. The first-order valence-electron chi connectivity index (χ1n) is 7.78. The van der Waals surface area contributed by atoms with E-state index >= 15 is 0 Å². The number of halogens is 1. The third-order valence-electron chi connectivity index (χ3n) is 4.72. The van der Waals surface area contributed by atoms with Crippen molar-refractivity contribution in [2.75, 3.05) is 19.6 Å². The molecule has 5 nitrogen and oxygen atoms in total. The van der Waals surface area contributed by atoms with Crippen molar-refractivity contribution in [3.63, 3.8) is 0 Å². The Labute approximate surface area is 140 Å². The first kappa shape index (κ1) is 16.3. The van der Waals surface area contributed by atoms with Gasteiger partial charge in [0.2, 0.25) is 5.91 Å². The van der Waals surface area contributed by atoms with Gasteiger partial charge in [-0.25, -0.2) is 0 Å². The van der Waals surface area contributed by atoms with E-state index in [4.69, 9.17) is 21.1 Å². The Kier molecular flexibility index (Phi) is 4.60. The zero-order chi connectivity index (χ0) is 16.4. The van der Waals surface area contributed by atoms with Gasteiger partial charge in [-0.05, 0) is 19.3 Å². The van der Waals surface area contributed by atoms with Gasteiger partial charge in [-0.3, -0.25) is 9.59 Å². The first-order valence-corrected chi connectivity index (χ1v) is 8.31. The number of hydrogen-bond acceptors (Lipinski definition) is 4. The molecule has 2 saturated heterocycles. The Bertz CT molecular complexity index is 594. The Morgan fingerprint density at radius 1 is 1.43 bits per heavy atom. The lowest BCUT2D eigenvalue weighted by Crippen LogP contribution is -2.42. The number of esters is 1. The molecule has 0 aromatic heterocycles. The quantitative estimate of drug-likeness (QED) is 0.470. The van der Waals surface area contributed by atoms with Crippen molar-refractivity contribution in [1.29, 1.82) is 0 Å². The second kappa shape index (κ2) is 6.49. The van der Waals surface area contributed by atoms with Crippen LogP contribution in [0.3, 0.4) is 0 Å². The van der Waals surface area contributed by atoms with Crippen molar-refractivity contribution >= 4 is 23.5 Å². The van der Waals surface area contributed by atoms with Crippen LogP contribution in [0.2, 0.25) is 0 Å². The van der Waals surface area contributed by atoms with E-state index < -0.39 is 17.6 Å². The van der Waals surface area contributed by atoms with Gasteiger partial charge in [-0.2, -0.15) is 0 Å². The SMILES string of the molecule is COC(=O)[C@@]1(CCCCl)C[C@@H]2CO[C@H](c3ccccc3)N2C1=O. The normalized spacial score (nSPS) is 29.7. The number of methoxy groups -OCH3 is 1. The van der Waals surface area contributed by atoms with Crippen LogP contribution in [0.4, 0.5) is 0 Å². The molecular formula is C17H20ClNO4. The molecule has 1 aromatic carbocycles. The van der Waals surface area contributed by atoms with Crippen molar-refractivity contribution < 1.29 is 19.1 Å². The highest BCUT2D eigenvalue weighted by atomic mass is 35.5. The van der Waals surface area contributed by atoms with Crippen LogP contribution in [0.5, 0.6) is 0 Å².